The molecule has 1 N–H and O–H groups in total. The average Bonchev–Trinajstić information content (AvgIpc) is 3.35. The van der Waals surface area contributed by atoms with Crippen molar-refractivity contribution in [1.29, 1.82) is 0 Å². The Morgan fingerprint density at radius 3 is 2.59 bits per heavy atom. The van der Waals surface area contributed by atoms with Crippen molar-refractivity contribution in [1.82, 2.24) is 14.3 Å². The van der Waals surface area contributed by atoms with E-state index in [2.05, 4.69) is 22.8 Å². The average molecular weight is 410 g/mol. The van der Waals surface area contributed by atoms with E-state index < -0.39 is 0 Å². The van der Waals surface area contributed by atoms with Crippen molar-refractivity contribution in [2.45, 2.75) is 32.5 Å². The number of piperidine rings is 1. The summed E-state index contributed by atoms with van der Waals surface area (Å²) in [6.45, 7) is 4.14. The molecule has 150 valence electrons. The van der Waals surface area contributed by atoms with Gasteiger partial charge < -0.3 is 14.4 Å². The fourth-order valence-corrected chi connectivity index (χ4v) is 4.39. The molecule has 0 radical (unpaired) electrons. The van der Waals surface area contributed by atoms with Gasteiger partial charge in [-0.1, -0.05) is 36.4 Å². The largest absolute Gasteiger partial charge is 0.454 e. The zero-order valence-electron chi connectivity index (χ0n) is 16.3. The first kappa shape index (κ1) is 18.4. The highest BCUT2D eigenvalue weighted by Crippen LogP contribution is 2.33. The minimum Gasteiger partial charge on any atom is -0.454 e. The number of rotatable bonds is 5. The first-order valence-corrected chi connectivity index (χ1v) is 10.6. The van der Waals surface area contributed by atoms with E-state index >= 15 is 0 Å². The van der Waals surface area contributed by atoms with E-state index in [-0.39, 0.29) is 6.79 Å². The number of hydrogen-bond donors (Lipinski definition) is 1. The van der Waals surface area contributed by atoms with Gasteiger partial charge in [0.2, 0.25) is 11.6 Å². The molecule has 0 amide bonds. The van der Waals surface area contributed by atoms with Gasteiger partial charge in [0.25, 0.3) is 0 Å². The number of nitrogens with one attached hydrogen (secondary N) is 1. The van der Waals surface area contributed by atoms with Crippen LogP contribution in [0.15, 0.2) is 48.5 Å². The first-order chi connectivity index (χ1) is 14.3. The summed E-state index contributed by atoms with van der Waals surface area (Å²) in [4.78, 5) is 1.56. The predicted molar refractivity (Wildman–Crippen MR) is 113 cm³/mol. The van der Waals surface area contributed by atoms with E-state index in [4.69, 9.17) is 26.8 Å². The molecule has 0 saturated carbocycles. The fraction of sp³-hybridized carbons (Fsp3) is 0.364. The van der Waals surface area contributed by atoms with Gasteiger partial charge in [0.15, 0.2) is 24.0 Å². The van der Waals surface area contributed by atoms with Crippen molar-refractivity contribution in [3.05, 3.63) is 58.9 Å². The summed E-state index contributed by atoms with van der Waals surface area (Å²) in [5.41, 5.74) is 2.19. The zero-order chi connectivity index (χ0) is 19.6. The second kappa shape index (κ2) is 8.00. The van der Waals surface area contributed by atoms with Crippen LogP contribution in [0.25, 0.3) is 11.4 Å². The lowest BCUT2D eigenvalue weighted by Gasteiger charge is -2.22. The van der Waals surface area contributed by atoms with Crippen LogP contribution < -0.4 is 14.4 Å². The number of benzene rings is 2. The summed E-state index contributed by atoms with van der Waals surface area (Å²) in [5, 5.41) is 4.94. The summed E-state index contributed by atoms with van der Waals surface area (Å²) < 4.78 is 15.9. The maximum atomic E-state index is 5.87. The highest BCUT2D eigenvalue weighted by Gasteiger charge is 2.20. The number of hydrogen-bond acceptors (Lipinski definition) is 4. The van der Waals surface area contributed by atoms with Gasteiger partial charge in [0, 0.05) is 5.56 Å². The SMILES string of the molecule is S=c1n(C[NH+]2CCCCC2)nc(-c2ccccc2)n1Cc1ccc2c(c1)OCO2. The standard InChI is InChI=1S/C22H24N4O2S/c29-22-25(14-17-9-10-19-20(13-17)28-16-27-19)21(18-7-3-1-4-8-18)23-26(22)15-24-11-5-2-6-12-24/h1,3-4,7-10,13H,2,5-6,11-12,14-16H2/p+1. The molecule has 1 saturated heterocycles. The minimum absolute atomic E-state index is 0.282. The summed E-state index contributed by atoms with van der Waals surface area (Å²) in [5.74, 6) is 2.50. The third kappa shape index (κ3) is 3.80. The highest BCUT2D eigenvalue weighted by atomic mass is 32.1. The van der Waals surface area contributed by atoms with Crippen molar-refractivity contribution >= 4 is 12.2 Å². The van der Waals surface area contributed by atoms with Gasteiger partial charge in [-0.2, -0.15) is 4.68 Å². The number of quaternary nitrogens is 1. The van der Waals surface area contributed by atoms with Crippen LogP contribution in [-0.2, 0) is 13.2 Å². The molecule has 0 bridgehead atoms. The van der Waals surface area contributed by atoms with Gasteiger partial charge in [0.05, 0.1) is 19.6 Å². The number of likely N-dealkylation sites (tertiary alicyclic amines) is 1. The molecule has 6 nitrogen and oxygen atoms in total. The third-order valence-electron chi connectivity index (χ3n) is 5.67. The third-order valence-corrected chi connectivity index (χ3v) is 6.10. The Morgan fingerprint density at radius 1 is 0.966 bits per heavy atom. The maximum Gasteiger partial charge on any atom is 0.231 e. The van der Waals surface area contributed by atoms with E-state index in [1.165, 1.54) is 32.4 Å². The molecule has 0 aliphatic carbocycles. The lowest BCUT2D eigenvalue weighted by atomic mass is 10.1. The predicted octanol–water partition coefficient (Wildman–Crippen LogP) is 2.88. The van der Waals surface area contributed by atoms with Crippen molar-refractivity contribution in [3.63, 3.8) is 0 Å². The van der Waals surface area contributed by atoms with Crippen molar-refractivity contribution < 1.29 is 14.4 Å². The van der Waals surface area contributed by atoms with Crippen molar-refractivity contribution in [2.75, 3.05) is 19.9 Å². The molecule has 2 aliphatic heterocycles. The fourth-order valence-electron chi connectivity index (χ4n) is 4.13. The molecule has 0 unspecified atom stereocenters. The Labute approximate surface area is 175 Å². The van der Waals surface area contributed by atoms with Gasteiger partial charge in [0.1, 0.15) is 0 Å². The number of fused-ring (bicyclic) bond motifs is 1. The normalized spacial score (nSPS) is 16.3. The van der Waals surface area contributed by atoms with Gasteiger partial charge in [-0.3, -0.25) is 4.57 Å². The van der Waals surface area contributed by atoms with Gasteiger partial charge in [-0.25, -0.2) is 0 Å². The molecule has 1 fully saturated rings. The number of aromatic nitrogens is 3. The van der Waals surface area contributed by atoms with E-state index in [9.17, 15) is 0 Å². The summed E-state index contributed by atoms with van der Waals surface area (Å²) in [6.07, 6.45) is 3.90. The van der Waals surface area contributed by atoms with Gasteiger partial charge >= 0.3 is 0 Å². The molecule has 0 spiro atoms. The first-order valence-electron chi connectivity index (χ1n) is 10.2. The second-order valence-electron chi connectivity index (χ2n) is 7.71. The molecule has 29 heavy (non-hydrogen) atoms. The van der Waals surface area contributed by atoms with E-state index in [1.807, 2.05) is 35.0 Å². The van der Waals surface area contributed by atoms with Crippen LogP contribution in [0.2, 0.25) is 0 Å². The minimum atomic E-state index is 0.282. The number of ether oxygens (including phenoxy) is 2. The van der Waals surface area contributed by atoms with E-state index in [1.54, 1.807) is 4.90 Å². The molecule has 7 heteroatoms. The lowest BCUT2D eigenvalue weighted by Crippen LogP contribution is -3.12. The van der Waals surface area contributed by atoms with Crippen LogP contribution in [0.1, 0.15) is 24.8 Å². The maximum absolute atomic E-state index is 5.87. The van der Waals surface area contributed by atoms with Gasteiger partial charge in [-0.05, 0) is 49.2 Å². The molecular weight excluding hydrogens is 384 g/mol. The Bertz CT molecular complexity index is 1050. The molecule has 2 aromatic carbocycles. The Morgan fingerprint density at radius 2 is 1.76 bits per heavy atom. The monoisotopic (exact) mass is 409 g/mol. The molecule has 5 rings (SSSR count). The topological polar surface area (TPSA) is 45.7 Å². The van der Waals surface area contributed by atoms with Crippen LogP contribution in [0.3, 0.4) is 0 Å². The van der Waals surface area contributed by atoms with Gasteiger partial charge in [-0.15, -0.1) is 5.10 Å². The summed E-state index contributed by atoms with van der Waals surface area (Å²) >= 11 is 5.87. The van der Waals surface area contributed by atoms with Crippen molar-refractivity contribution in [3.8, 4) is 22.9 Å². The second-order valence-corrected chi connectivity index (χ2v) is 8.08. The Balaban J connectivity index is 1.51. The Kier molecular flexibility index (Phi) is 5.08. The summed E-state index contributed by atoms with van der Waals surface area (Å²) in [7, 11) is 0. The Hall–Kier alpha value is -2.64. The summed E-state index contributed by atoms with van der Waals surface area (Å²) in [6, 6.07) is 16.3. The zero-order valence-corrected chi connectivity index (χ0v) is 17.2. The molecule has 2 aliphatic rings. The number of nitrogens with zero attached hydrogens (tertiary/aromatic N) is 3. The molecule has 0 atom stereocenters. The quantitative estimate of drug-likeness (QED) is 0.659. The molecule has 3 heterocycles. The molecule has 1 aromatic heterocycles. The van der Waals surface area contributed by atoms with Crippen LogP contribution in [0.5, 0.6) is 11.5 Å². The van der Waals surface area contributed by atoms with E-state index in [0.29, 0.717) is 6.54 Å². The smallest absolute Gasteiger partial charge is 0.231 e. The molecular formula is C22H25N4O2S+. The van der Waals surface area contributed by atoms with Crippen LogP contribution in [0, 0.1) is 4.77 Å². The van der Waals surface area contributed by atoms with E-state index in [0.717, 1.165) is 39.9 Å². The van der Waals surface area contributed by atoms with Crippen LogP contribution in [0.4, 0.5) is 0 Å². The lowest BCUT2D eigenvalue weighted by molar-refractivity contribution is -0.928. The molecule has 3 aromatic rings. The van der Waals surface area contributed by atoms with Crippen molar-refractivity contribution in [2.24, 2.45) is 0 Å². The van der Waals surface area contributed by atoms with Crippen LogP contribution >= 0.6 is 12.2 Å². The van der Waals surface area contributed by atoms with Crippen LogP contribution in [-0.4, -0.2) is 34.2 Å². The highest BCUT2D eigenvalue weighted by molar-refractivity contribution is 7.71.